The molecule has 0 heterocycles. The molecule has 3 nitrogen and oxygen atoms in total. The van der Waals surface area contributed by atoms with Crippen molar-refractivity contribution in [3.05, 3.63) is 12.2 Å². The first kappa shape index (κ1) is 11.2. The summed E-state index contributed by atoms with van der Waals surface area (Å²) < 4.78 is 0. The van der Waals surface area contributed by atoms with Crippen molar-refractivity contribution in [2.75, 3.05) is 13.2 Å². The van der Waals surface area contributed by atoms with Gasteiger partial charge in [-0.3, -0.25) is 4.79 Å². The van der Waals surface area contributed by atoms with Gasteiger partial charge >= 0.3 is 0 Å². The molecule has 1 saturated carbocycles. The number of hydrogen-bond donors (Lipinski definition) is 1. The van der Waals surface area contributed by atoms with Crippen LogP contribution in [0, 0.1) is 0 Å². The predicted octanol–water partition coefficient (Wildman–Crippen LogP) is 1.33. The molecule has 1 aliphatic carbocycles. The summed E-state index contributed by atoms with van der Waals surface area (Å²) in [7, 11) is 0. The highest BCUT2D eigenvalue weighted by atomic mass is 16.3. The number of allylic oxidation sites excluding steroid dienone is 1. The summed E-state index contributed by atoms with van der Waals surface area (Å²) in [6, 6.07) is 0.422. The van der Waals surface area contributed by atoms with Gasteiger partial charge in [0, 0.05) is 19.2 Å². The van der Waals surface area contributed by atoms with Crippen LogP contribution >= 0.6 is 0 Å². The van der Waals surface area contributed by atoms with Crippen LogP contribution in [0.15, 0.2) is 12.2 Å². The summed E-state index contributed by atoms with van der Waals surface area (Å²) in [6.45, 7) is 2.69. The minimum Gasteiger partial charge on any atom is -0.396 e. The fourth-order valence-corrected chi connectivity index (χ4v) is 1.65. The molecular formula is C11H19NO2. The van der Waals surface area contributed by atoms with Crippen molar-refractivity contribution in [1.82, 2.24) is 4.90 Å². The van der Waals surface area contributed by atoms with Crippen LogP contribution in [0.5, 0.6) is 0 Å². The molecule has 0 aromatic heterocycles. The molecule has 0 aromatic rings. The van der Waals surface area contributed by atoms with Gasteiger partial charge in [0.15, 0.2) is 0 Å². The number of carbonyl (C=O) groups is 1. The maximum absolute atomic E-state index is 11.6. The summed E-state index contributed by atoms with van der Waals surface area (Å²) in [5.41, 5.74) is 0. The minimum atomic E-state index is 0.0886. The van der Waals surface area contributed by atoms with Gasteiger partial charge in [0.2, 0.25) is 5.91 Å². The van der Waals surface area contributed by atoms with E-state index < -0.39 is 0 Å². The van der Waals surface area contributed by atoms with E-state index in [-0.39, 0.29) is 12.5 Å². The maximum Gasteiger partial charge on any atom is 0.246 e. The van der Waals surface area contributed by atoms with E-state index in [1.165, 1.54) is 6.42 Å². The zero-order valence-corrected chi connectivity index (χ0v) is 8.78. The average molecular weight is 197 g/mol. The number of aliphatic hydroxyl groups excluding tert-OH is 1. The monoisotopic (exact) mass is 197 g/mol. The highest BCUT2D eigenvalue weighted by Gasteiger charge is 2.26. The average Bonchev–Trinajstić information content (AvgIpc) is 2.09. The SMILES string of the molecule is C/C=C/C(=O)N(CCCO)C1CCC1. The third kappa shape index (κ3) is 2.84. The van der Waals surface area contributed by atoms with Crippen molar-refractivity contribution in [3.8, 4) is 0 Å². The first-order chi connectivity index (χ1) is 6.79. The molecular weight excluding hydrogens is 178 g/mol. The molecule has 0 aromatic carbocycles. The molecule has 1 amide bonds. The number of nitrogens with zero attached hydrogens (tertiary/aromatic N) is 1. The lowest BCUT2D eigenvalue weighted by Gasteiger charge is -2.37. The summed E-state index contributed by atoms with van der Waals surface area (Å²) in [6.07, 6.45) is 7.52. The molecule has 1 N–H and O–H groups in total. The Morgan fingerprint density at radius 1 is 1.57 bits per heavy atom. The Morgan fingerprint density at radius 3 is 2.71 bits per heavy atom. The Kier molecular flexibility index (Phi) is 4.66. The molecule has 0 bridgehead atoms. The predicted molar refractivity (Wildman–Crippen MR) is 55.9 cm³/mol. The fourth-order valence-electron chi connectivity index (χ4n) is 1.65. The molecule has 0 spiro atoms. The molecule has 0 aliphatic heterocycles. The molecule has 1 aliphatic rings. The molecule has 0 saturated heterocycles. The first-order valence-corrected chi connectivity index (χ1v) is 5.33. The van der Waals surface area contributed by atoms with Crippen LogP contribution < -0.4 is 0 Å². The number of rotatable bonds is 5. The van der Waals surface area contributed by atoms with Gasteiger partial charge in [-0.05, 0) is 38.7 Å². The lowest BCUT2D eigenvalue weighted by atomic mass is 9.91. The van der Waals surface area contributed by atoms with Crippen molar-refractivity contribution in [3.63, 3.8) is 0 Å². The fraction of sp³-hybridized carbons (Fsp3) is 0.727. The van der Waals surface area contributed by atoms with Gasteiger partial charge in [0.1, 0.15) is 0 Å². The third-order valence-corrected chi connectivity index (χ3v) is 2.66. The number of amides is 1. The summed E-state index contributed by atoms with van der Waals surface area (Å²) in [5.74, 6) is 0.0886. The second kappa shape index (κ2) is 5.81. The van der Waals surface area contributed by atoms with Gasteiger partial charge in [0.05, 0.1) is 0 Å². The lowest BCUT2D eigenvalue weighted by molar-refractivity contribution is -0.130. The molecule has 0 atom stereocenters. The number of aliphatic hydroxyl groups is 1. The van der Waals surface area contributed by atoms with Gasteiger partial charge in [0.25, 0.3) is 0 Å². The molecule has 1 rings (SSSR count). The first-order valence-electron chi connectivity index (χ1n) is 5.33. The molecule has 0 unspecified atom stereocenters. The number of hydrogen-bond acceptors (Lipinski definition) is 2. The Bertz CT molecular complexity index is 209. The van der Waals surface area contributed by atoms with E-state index in [1.807, 2.05) is 11.8 Å². The van der Waals surface area contributed by atoms with E-state index in [0.29, 0.717) is 19.0 Å². The highest BCUT2D eigenvalue weighted by Crippen LogP contribution is 2.25. The Balaban J connectivity index is 2.46. The summed E-state index contributed by atoms with van der Waals surface area (Å²) >= 11 is 0. The van der Waals surface area contributed by atoms with Crippen molar-refractivity contribution < 1.29 is 9.90 Å². The van der Waals surface area contributed by atoms with E-state index in [4.69, 9.17) is 5.11 Å². The van der Waals surface area contributed by atoms with E-state index in [9.17, 15) is 4.79 Å². The van der Waals surface area contributed by atoms with Crippen LogP contribution in [-0.4, -0.2) is 35.1 Å². The van der Waals surface area contributed by atoms with E-state index >= 15 is 0 Å². The smallest absolute Gasteiger partial charge is 0.246 e. The van der Waals surface area contributed by atoms with E-state index in [2.05, 4.69) is 0 Å². The van der Waals surface area contributed by atoms with Crippen molar-refractivity contribution in [2.45, 2.75) is 38.6 Å². The Labute approximate surface area is 85.4 Å². The zero-order valence-electron chi connectivity index (χ0n) is 8.78. The van der Waals surface area contributed by atoms with Crippen LogP contribution in [0.2, 0.25) is 0 Å². The van der Waals surface area contributed by atoms with Crippen LogP contribution in [0.3, 0.4) is 0 Å². The van der Waals surface area contributed by atoms with Gasteiger partial charge in [-0.15, -0.1) is 0 Å². The van der Waals surface area contributed by atoms with Gasteiger partial charge in [-0.1, -0.05) is 6.08 Å². The number of carbonyl (C=O) groups excluding carboxylic acids is 1. The van der Waals surface area contributed by atoms with Crippen LogP contribution in [0.4, 0.5) is 0 Å². The standard InChI is InChI=1S/C11H19NO2/c1-2-5-11(14)12(8-4-9-13)10-6-3-7-10/h2,5,10,13H,3-4,6-9H2,1H3/b5-2+. The largest absolute Gasteiger partial charge is 0.396 e. The van der Waals surface area contributed by atoms with Gasteiger partial charge < -0.3 is 10.0 Å². The summed E-state index contributed by atoms with van der Waals surface area (Å²) in [4.78, 5) is 13.5. The van der Waals surface area contributed by atoms with Gasteiger partial charge in [-0.25, -0.2) is 0 Å². The Morgan fingerprint density at radius 2 is 2.29 bits per heavy atom. The van der Waals surface area contributed by atoms with Crippen molar-refractivity contribution >= 4 is 5.91 Å². The molecule has 80 valence electrons. The lowest BCUT2D eigenvalue weighted by Crippen LogP contribution is -2.44. The molecule has 3 heteroatoms. The molecule has 0 radical (unpaired) electrons. The van der Waals surface area contributed by atoms with E-state index in [0.717, 1.165) is 12.8 Å². The van der Waals surface area contributed by atoms with Crippen molar-refractivity contribution in [2.24, 2.45) is 0 Å². The summed E-state index contributed by atoms with van der Waals surface area (Å²) in [5, 5.41) is 8.74. The maximum atomic E-state index is 11.6. The second-order valence-corrected chi connectivity index (χ2v) is 3.69. The highest BCUT2D eigenvalue weighted by molar-refractivity contribution is 5.87. The van der Waals surface area contributed by atoms with E-state index in [1.54, 1.807) is 12.2 Å². The van der Waals surface area contributed by atoms with Crippen LogP contribution in [0.25, 0.3) is 0 Å². The Hall–Kier alpha value is -0.830. The third-order valence-electron chi connectivity index (χ3n) is 2.66. The normalized spacial score (nSPS) is 17.0. The second-order valence-electron chi connectivity index (χ2n) is 3.69. The van der Waals surface area contributed by atoms with Gasteiger partial charge in [-0.2, -0.15) is 0 Å². The van der Waals surface area contributed by atoms with Crippen LogP contribution in [-0.2, 0) is 4.79 Å². The zero-order chi connectivity index (χ0) is 10.4. The minimum absolute atomic E-state index is 0.0886. The quantitative estimate of drug-likeness (QED) is 0.675. The molecule has 1 fully saturated rings. The molecule has 14 heavy (non-hydrogen) atoms. The van der Waals surface area contributed by atoms with Crippen LogP contribution in [0.1, 0.15) is 32.6 Å². The topological polar surface area (TPSA) is 40.5 Å². The van der Waals surface area contributed by atoms with Crippen molar-refractivity contribution in [1.29, 1.82) is 0 Å².